The van der Waals surface area contributed by atoms with Gasteiger partial charge in [0.05, 0.1) is 11.3 Å². The first kappa shape index (κ1) is 8.83. The smallest absolute Gasteiger partial charge is 0.183 e. The molecule has 0 radical (unpaired) electrons. The van der Waals surface area contributed by atoms with Gasteiger partial charge in [-0.3, -0.25) is 4.68 Å². The van der Waals surface area contributed by atoms with Crippen molar-refractivity contribution in [3.63, 3.8) is 0 Å². The van der Waals surface area contributed by atoms with Gasteiger partial charge < -0.3 is 0 Å². The number of aromatic nitrogens is 4. The van der Waals surface area contributed by atoms with Gasteiger partial charge in [0.25, 0.3) is 0 Å². The maximum absolute atomic E-state index is 4.24. The summed E-state index contributed by atoms with van der Waals surface area (Å²) in [6.07, 6.45) is 1.95. The van der Waals surface area contributed by atoms with Crippen LogP contribution in [0.5, 0.6) is 0 Å². The lowest BCUT2D eigenvalue weighted by Gasteiger charge is -1.86. The van der Waals surface area contributed by atoms with Crippen molar-refractivity contribution in [1.29, 1.82) is 0 Å². The minimum Gasteiger partial charge on any atom is -0.275 e. The predicted molar refractivity (Wildman–Crippen MR) is 54.5 cm³/mol. The van der Waals surface area contributed by atoms with Gasteiger partial charge in [0.2, 0.25) is 0 Å². The highest BCUT2D eigenvalue weighted by atomic mass is 79.9. The Bertz CT molecular complexity index is 433. The molecule has 13 heavy (non-hydrogen) atoms. The van der Waals surface area contributed by atoms with Crippen LogP contribution in [0.3, 0.4) is 0 Å². The molecule has 2 rings (SSSR count). The topological polar surface area (TPSA) is 43.6 Å². The summed E-state index contributed by atoms with van der Waals surface area (Å²) in [5.74, 6) is 0. The molecule has 2 heterocycles. The second-order valence-electron chi connectivity index (χ2n) is 2.66. The molecule has 4 nitrogen and oxygen atoms in total. The van der Waals surface area contributed by atoms with E-state index in [2.05, 4.69) is 31.2 Å². The Kier molecular flexibility index (Phi) is 2.17. The van der Waals surface area contributed by atoms with Crippen molar-refractivity contribution in [2.45, 2.75) is 6.92 Å². The van der Waals surface area contributed by atoms with Gasteiger partial charge in [-0.1, -0.05) is 11.3 Å². The van der Waals surface area contributed by atoms with Gasteiger partial charge >= 0.3 is 0 Å². The summed E-state index contributed by atoms with van der Waals surface area (Å²) in [5.41, 5.74) is 2.02. The molecule has 0 aliphatic heterocycles. The van der Waals surface area contributed by atoms with E-state index >= 15 is 0 Å². The molecule has 0 fully saturated rings. The van der Waals surface area contributed by atoms with E-state index in [1.807, 2.05) is 20.2 Å². The van der Waals surface area contributed by atoms with Crippen molar-refractivity contribution < 1.29 is 0 Å². The van der Waals surface area contributed by atoms with Gasteiger partial charge in [0.15, 0.2) is 8.92 Å². The normalized spacial score (nSPS) is 10.7. The predicted octanol–water partition coefficient (Wildman–Crippen LogP) is 2.01. The second-order valence-corrected chi connectivity index (χ2v) is 4.92. The molecule has 0 saturated carbocycles. The Morgan fingerprint density at radius 3 is 2.69 bits per heavy atom. The quantitative estimate of drug-likeness (QED) is 0.786. The second kappa shape index (κ2) is 3.19. The fraction of sp³-hybridized carbons (Fsp3) is 0.286. The molecular formula is C7H7BrN4S. The third-order valence-corrected chi connectivity index (χ3v) is 3.03. The highest BCUT2D eigenvalue weighted by Crippen LogP contribution is 2.27. The van der Waals surface area contributed by atoms with Crippen LogP contribution >= 0.6 is 27.3 Å². The number of aryl methyl sites for hydroxylation is 2. The van der Waals surface area contributed by atoms with Crippen LogP contribution in [0.25, 0.3) is 10.6 Å². The summed E-state index contributed by atoms with van der Waals surface area (Å²) in [6, 6.07) is 0. The van der Waals surface area contributed by atoms with E-state index in [1.54, 1.807) is 4.68 Å². The van der Waals surface area contributed by atoms with Crippen LogP contribution < -0.4 is 0 Å². The number of hydrogen-bond acceptors (Lipinski definition) is 4. The van der Waals surface area contributed by atoms with E-state index in [0.717, 1.165) is 20.2 Å². The lowest BCUT2D eigenvalue weighted by Crippen LogP contribution is -1.86. The maximum Gasteiger partial charge on any atom is 0.183 e. The molecular weight excluding hydrogens is 252 g/mol. The van der Waals surface area contributed by atoms with Gasteiger partial charge in [0.1, 0.15) is 0 Å². The summed E-state index contributed by atoms with van der Waals surface area (Å²) in [6.45, 7) is 1.96. The number of hydrogen-bond donors (Lipinski definition) is 0. The molecule has 0 aliphatic carbocycles. The first-order valence-electron chi connectivity index (χ1n) is 3.66. The Hall–Kier alpha value is -0.750. The molecule has 0 unspecified atom stereocenters. The first-order chi connectivity index (χ1) is 6.16. The monoisotopic (exact) mass is 258 g/mol. The Morgan fingerprint density at radius 2 is 2.23 bits per heavy atom. The standard InChI is InChI=1S/C7H7BrN4S/c1-4-5(3-12(2)11-4)6-9-10-7(8)13-6/h3H,1-2H3. The lowest BCUT2D eigenvalue weighted by molar-refractivity contribution is 0.756. The van der Waals surface area contributed by atoms with Crippen molar-refractivity contribution in [3.05, 3.63) is 15.8 Å². The van der Waals surface area contributed by atoms with E-state index in [1.165, 1.54) is 11.3 Å². The SMILES string of the molecule is Cc1nn(C)cc1-c1nnc(Br)s1. The number of halogens is 1. The van der Waals surface area contributed by atoms with Crippen LogP contribution in [0, 0.1) is 6.92 Å². The maximum atomic E-state index is 4.24. The molecule has 0 aliphatic rings. The molecule has 6 heteroatoms. The summed E-state index contributed by atoms with van der Waals surface area (Å²) >= 11 is 4.79. The van der Waals surface area contributed by atoms with E-state index < -0.39 is 0 Å². The largest absolute Gasteiger partial charge is 0.275 e. The highest BCUT2D eigenvalue weighted by molar-refractivity contribution is 9.11. The molecule has 0 bridgehead atoms. The van der Waals surface area contributed by atoms with E-state index in [-0.39, 0.29) is 0 Å². The molecule has 0 aromatic carbocycles. The molecule has 0 spiro atoms. The molecule has 68 valence electrons. The van der Waals surface area contributed by atoms with Gasteiger partial charge in [-0.25, -0.2) is 0 Å². The van der Waals surface area contributed by atoms with Gasteiger partial charge in [-0.15, -0.1) is 10.2 Å². The van der Waals surface area contributed by atoms with Crippen LogP contribution in [-0.2, 0) is 7.05 Å². The molecule has 0 amide bonds. The molecule has 0 saturated heterocycles. The minimum absolute atomic E-state index is 0.797. The average molecular weight is 259 g/mol. The summed E-state index contributed by atoms with van der Waals surface area (Å²) in [5, 5.41) is 13.1. The zero-order valence-corrected chi connectivity index (χ0v) is 9.55. The number of nitrogens with zero attached hydrogens (tertiary/aromatic N) is 4. The Labute approximate surface area is 87.7 Å². The Balaban J connectivity index is 2.51. The summed E-state index contributed by atoms with van der Waals surface area (Å²) < 4.78 is 2.57. The Morgan fingerprint density at radius 1 is 1.46 bits per heavy atom. The minimum atomic E-state index is 0.797. The zero-order valence-electron chi connectivity index (χ0n) is 7.15. The van der Waals surface area contributed by atoms with Crippen molar-refractivity contribution in [3.8, 4) is 10.6 Å². The fourth-order valence-electron chi connectivity index (χ4n) is 1.12. The van der Waals surface area contributed by atoms with Gasteiger partial charge in [-0.2, -0.15) is 5.10 Å². The summed E-state index contributed by atoms with van der Waals surface area (Å²) in [7, 11) is 1.90. The third-order valence-electron chi connectivity index (χ3n) is 1.64. The number of rotatable bonds is 1. The molecule has 0 atom stereocenters. The van der Waals surface area contributed by atoms with Gasteiger partial charge in [-0.05, 0) is 22.9 Å². The van der Waals surface area contributed by atoms with Crippen molar-refractivity contribution in [2.75, 3.05) is 0 Å². The van der Waals surface area contributed by atoms with Crippen LogP contribution in [0.15, 0.2) is 10.1 Å². The molecule has 2 aromatic rings. The van der Waals surface area contributed by atoms with Crippen molar-refractivity contribution in [2.24, 2.45) is 7.05 Å². The van der Waals surface area contributed by atoms with Crippen molar-refractivity contribution >= 4 is 27.3 Å². The third kappa shape index (κ3) is 1.64. The van der Waals surface area contributed by atoms with Crippen LogP contribution in [-0.4, -0.2) is 20.0 Å². The average Bonchev–Trinajstić information content (AvgIpc) is 2.58. The zero-order chi connectivity index (χ0) is 9.42. The van der Waals surface area contributed by atoms with E-state index in [0.29, 0.717) is 0 Å². The van der Waals surface area contributed by atoms with Gasteiger partial charge in [0, 0.05) is 13.2 Å². The van der Waals surface area contributed by atoms with E-state index in [9.17, 15) is 0 Å². The van der Waals surface area contributed by atoms with E-state index in [4.69, 9.17) is 0 Å². The highest BCUT2D eigenvalue weighted by Gasteiger charge is 2.10. The first-order valence-corrected chi connectivity index (χ1v) is 5.27. The summed E-state index contributed by atoms with van der Waals surface area (Å²) in [4.78, 5) is 0. The van der Waals surface area contributed by atoms with Crippen molar-refractivity contribution in [1.82, 2.24) is 20.0 Å². The molecule has 2 aromatic heterocycles. The van der Waals surface area contributed by atoms with Crippen LogP contribution in [0.1, 0.15) is 5.69 Å². The molecule has 0 N–H and O–H groups in total. The fourth-order valence-corrected chi connectivity index (χ4v) is 2.30. The lowest BCUT2D eigenvalue weighted by atomic mass is 10.3. The van der Waals surface area contributed by atoms with Crippen LogP contribution in [0.2, 0.25) is 0 Å². The van der Waals surface area contributed by atoms with Crippen LogP contribution in [0.4, 0.5) is 0 Å².